The fraction of sp³-hybridized carbons (Fsp3) is 0.500. The summed E-state index contributed by atoms with van der Waals surface area (Å²) in [6, 6.07) is 7.47. The first kappa shape index (κ1) is 24.2. The van der Waals surface area contributed by atoms with Gasteiger partial charge in [0.15, 0.2) is 0 Å². The molecule has 3 heterocycles. The Hall–Kier alpha value is -2.97. The van der Waals surface area contributed by atoms with Gasteiger partial charge in [-0.25, -0.2) is 0 Å². The smallest absolute Gasteiger partial charge is 0.308 e. The molecule has 0 spiro atoms. The van der Waals surface area contributed by atoms with Crippen LogP contribution in [0.25, 0.3) is 10.9 Å². The molecule has 8 nitrogen and oxygen atoms in total. The number of carboxylic acids is 1. The number of likely N-dealkylation sites (tertiary alicyclic amines) is 1. The number of H-pyrrole nitrogens is 1. The van der Waals surface area contributed by atoms with Crippen LogP contribution in [-0.2, 0) is 11.2 Å². The minimum atomic E-state index is -0.742. The van der Waals surface area contributed by atoms with E-state index in [1.807, 2.05) is 37.4 Å². The predicted octanol–water partition coefficient (Wildman–Crippen LogP) is 3.74. The van der Waals surface area contributed by atoms with Gasteiger partial charge in [-0.1, -0.05) is 0 Å². The van der Waals surface area contributed by atoms with Crippen LogP contribution < -0.4 is 4.74 Å². The number of aliphatic carboxylic acids is 1. The topological polar surface area (TPSA) is 112 Å². The van der Waals surface area contributed by atoms with Crippen molar-refractivity contribution >= 4 is 16.9 Å². The van der Waals surface area contributed by atoms with E-state index in [1.165, 1.54) is 5.56 Å². The Morgan fingerprint density at radius 3 is 2.94 bits per heavy atom. The zero-order chi connectivity index (χ0) is 24.1. The van der Waals surface area contributed by atoms with E-state index in [1.54, 1.807) is 13.3 Å². The summed E-state index contributed by atoms with van der Waals surface area (Å²) in [6.07, 6.45) is 6.85. The second-order valence-electron chi connectivity index (χ2n) is 9.29. The Bertz CT molecular complexity index is 1120. The number of piperidine rings is 1. The summed E-state index contributed by atoms with van der Waals surface area (Å²) in [5, 5.41) is 28.8. The molecular weight excluding hydrogens is 432 g/mol. The van der Waals surface area contributed by atoms with Crippen molar-refractivity contribution in [2.75, 3.05) is 26.7 Å². The number of ether oxygens (including phenoxy) is 1. The first-order chi connectivity index (χ1) is 16.5. The Balaban J connectivity index is 1.34. The molecule has 8 heteroatoms. The zero-order valence-corrected chi connectivity index (χ0v) is 19.9. The third-order valence-electron chi connectivity index (χ3n) is 7.16. The molecule has 0 bridgehead atoms. The van der Waals surface area contributed by atoms with Gasteiger partial charge in [-0.05, 0) is 93.4 Å². The number of pyridine rings is 1. The number of carbonyl (C=O) groups is 1. The van der Waals surface area contributed by atoms with Crippen LogP contribution in [0.2, 0.25) is 0 Å². The van der Waals surface area contributed by atoms with E-state index in [9.17, 15) is 15.0 Å². The van der Waals surface area contributed by atoms with Crippen LogP contribution in [0.4, 0.5) is 0 Å². The molecule has 1 aliphatic rings. The van der Waals surface area contributed by atoms with E-state index in [0.717, 1.165) is 60.3 Å². The molecule has 1 aliphatic heterocycles. The second-order valence-corrected chi connectivity index (χ2v) is 9.29. The van der Waals surface area contributed by atoms with E-state index < -0.39 is 18.0 Å². The summed E-state index contributed by atoms with van der Waals surface area (Å²) in [5.74, 6) is -0.378. The maximum Gasteiger partial charge on any atom is 0.308 e. The molecule has 0 aliphatic carbocycles. The average Bonchev–Trinajstić information content (AvgIpc) is 3.26. The lowest BCUT2D eigenvalue weighted by molar-refractivity contribution is -0.146. The summed E-state index contributed by atoms with van der Waals surface area (Å²) in [5.41, 5.74) is 3.93. The first-order valence-corrected chi connectivity index (χ1v) is 12.0. The highest BCUT2D eigenvalue weighted by atomic mass is 16.5. The van der Waals surface area contributed by atoms with Crippen LogP contribution in [0.3, 0.4) is 0 Å². The van der Waals surface area contributed by atoms with Crippen molar-refractivity contribution in [1.29, 1.82) is 0 Å². The lowest BCUT2D eigenvalue weighted by Crippen LogP contribution is -2.44. The fourth-order valence-corrected chi connectivity index (χ4v) is 5.11. The molecule has 0 amide bonds. The molecule has 3 N–H and O–H groups in total. The van der Waals surface area contributed by atoms with Gasteiger partial charge in [0, 0.05) is 23.8 Å². The van der Waals surface area contributed by atoms with Gasteiger partial charge in [0.05, 0.1) is 30.8 Å². The van der Waals surface area contributed by atoms with Crippen LogP contribution in [0.5, 0.6) is 5.75 Å². The molecule has 182 valence electrons. The van der Waals surface area contributed by atoms with Gasteiger partial charge in [-0.2, -0.15) is 5.10 Å². The molecule has 3 atom stereocenters. The van der Waals surface area contributed by atoms with Crippen LogP contribution in [-0.4, -0.2) is 63.0 Å². The third kappa shape index (κ3) is 5.56. The Morgan fingerprint density at radius 2 is 2.21 bits per heavy atom. The highest BCUT2D eigenvalue weighted by Crippen LogP contribution is 2.33. The standard InChI is InChI=1S/C26H34N4O4/c1-17-19(15-28-29-17)4-3-12-30-13-10-18(23(16-30)26(32)33)5-8-25(31)21-9-11-27-24-7-6-20(34-2)14-22(21)24/h6-7,9,11,14-15,18,23,25,31H,3-5,8,10,12-13,16H2,1-2H3,(H,28,29)(H,32,33)/t18-,23+,25?/m1/s1. The molecule has 4 rings (SSSR count). The maximum absolute atomic E-state index is 12.1. The first-order valence-electron chi connectivity index (χ1n) is 12.0. The molecule has 0 radical (unpaired) electrons. The van der Waals surface area contributed by atoms with Crippen LogP contribution in [0.1, 0.15) is 48.6 Å². The number of benzene rings is 1. The number of aryl methyl sites for hydroxylation is 2. The Labute approximate surface area is 200 Å². The minimum Gasteiger partial charge on any atom is -0.497 e. The van der Waals surface area contributed by atoms with Gasteiger partial charge in [-0.15, -0.1) is 0 Å². The zero-order valence-electron chi connectivity index (χ0n) is 19.9. The van der Waals surface area contributed by atoms with Crippen molar-refractivity contribution in [3.8, 4) is 5.75 Å². The summed E-state index contributed by atoms with van der Waals surface area (Å²) in [7, 11) is 1.62. The Morgan fingerprint density at radius 1 is 1.35 bits per heavy atom. The molecule has 1 saturated heterocycles. The quantitative estimate of drug-likeness (QED) is 0.417. The number of rotatable bonds is 10. The van der Waals surface area contributed by atoms with Crippen molar-refractivity contribution in [2.24, 2.45) is 11.8 Å². The molecular formula is C26H34N4O4. The molecule has 1 unspecified atom stereocenters. The van der Waals surface area contributed by atoms with Crippen molar-refractivity contribution in [3.05, 3.63) is 53.5 Å². The number of hydrogen-bond donors (Lipinski definition) is 3. The lowest BCUT2D eigenvalue weighted by Gasteiger charge is -2.37. The largest absolute Gasteiger partial charge is 0.497 e. The number of fused-ring (bicyclic) bond motifs is 1. The van der Waals surface area contributed by atoms with E-state index in [2.05, 4.69) is 20.1 Å². The van der Waals surface area contributed by atoms with Gasteiger partial charge in [0.25, 0.3) is 0 Å². The molecule has 0 saturated carbocycles. The number of aromatic nitrogens is 3. The number of methoxy groups -OCH3 is 1. The molecule has 34 heavy (non-hydrogen) atoms. The van der Waals surface area contributed by atoms with Crippen LogP contribution >= 0.6 is 0 Å². The molecule has 1 aromatic carbocycles. The minimum absolute atomic E-state index is 0.0576. The molecule has 2 aromatic heterocycles. The van der Waals surface area contributed by atoms with Gasteiger partial charge >= 0.3 is 5.97 Å². The summed E-state index contributed by atoms with van der Waals surface area (Å²) in [4.78, 5) is 18.7. The van der Waals surface area contributed by atoms with E-state index in [0.29, 0.717) is 19.4 Å². The van der Waals surface area contributed by atoms with Gasteiger partial charge in [0.2, 0.25) is 0 Å². The molecule has 3 aromatic rings. The summed E-state index contributed by atoms with van der Waals surface area (Å²) >= 11 is 0. The molecule has 1 fully saturated rings. The Kier molecular flexibility index (Phi) is 7.80. The third-order valence-corrected chi connectivity index (χ3v) is 7.16. The van der Waals surface area contributed by atoms with E-state index >= 15 is 0 Å². The van der Waals surface area contributed by atoms with Gasteiger partial charge in [-0.3, -0.25) is 14.9 Å². The number of aromatic amines is 1. The number of aliphatic hydroxyl groups is 1. The number of carboxylic acid groups (broad SMARTS) is 1. The van der Waals surface area contributed by atoms with Crippen LogP contribution in [0.15, 0.2) is 36.7 Å². The van der Waals surface area contributed by atoms with Crippen molar-refractivity contribution in [2.45, 2.75) is 45.1 Å². The van der Waals surface area contributed by atoms with Gasteiger partial charge < -0.3 is 19.8 Å². The monoisotopic (exact) mass is 466 g/mol. The number of aliphatic hydroxyl groups excluding tert-OH is 1. The van der Waals surface area contributed by atoms with Crippen LogP contribution in [0, 0.1) is 18.8 Å². The highest BCUT2D eigenvalue weighted by molar-refractivity contribution is 5.83. The van der Waals surface area contributed by atoms with E-state index in [-0.39, 0.29) is 5.92 Å². The van der Waals surface area contributed by atoms with Crippen molar-refractivity contribution < 1.29 is 19.7 Å². The van der Waals surface area contributed by atoms with Crippen molar-refractivity contribution in [3.63, 3.8) is 0 Å². The normalized spacial score (nSPS) is 19.9. The number of nitrogens with zero attached hydrogens (tertiary/aromatic N) is 3. The van der Waals surface area contributed by atoms with Crippen molar-refractivity contribution in [1.82, 2.24) is 20.1 Å². The number of nitrogens with one attached hydrogen (secondary N) is 1. The van der Waals surface area contributed by atoms with Gasteiger partial charge in [0.1, 0.15) is 5.75 Å². The average molecular weight is 467 g/mol. The predicted molar refractivity (Wildman–Crippen MR) is 130 cm³/mol. The summed E-state index contributed by atoms with van der Waals surface area (Å²) in [6.45, 7) is 4.36. The maximum atomic E-state index is 12.1. The number of hydrogen-bond acceptors (Lipinski definition) is 6. The van der Waals surface area contributed by atoms with E-state index in [4.69, 9.17) is 4.74 Å². The second kappa shape index (κ2) is 11.0. The highest BCUT2D eigenvalue weighted by Gasteiger charge is 2.34. The summed E-state index contributed by atoms with van der Waals surface area (Å²) < 4.78 is 5.33. The fourth-order valence-electron chi connectivity index (χ4n) is 5.11. The SMILES string of the molecule is COc1ccc2nccc(C(O)CC[C@@H]3CCN(CCCc4cn[nH]c4C)C[C@@H]3C(=O)O)c2c1. The lowest BCUT2D eigenvalue weighted by atomic mass is 9.81.